The Kier molecular flexibility index (Phi) is 1.90. The second-order valence-corrected chi connectivity index (χ2v) is 7.62. The zero-order valence-electron chi connectivity index (χ0n) is 8.87. The third-order valence-electron chi connectivity index (χ3n) is 4.84. The highest BCUT2D eigenvalue weighted by molar-refractivity contribution is 8.29. The van der Waals surface area contributed by atoms with Gasteiger partial charge in [-0.25, -0.2) is 9.05 Å². The van der Waals surface area contributed by atoms with Crippen molar-refractivity contribution in [3.05, 3.63) is 0 Å². The molecule has 0 aromatic heterocycles. The normalized spacial score (nSPS) is 59.1. The van der Waals surface area contributed by atoms with Crippen LogP contribution in [0.15, 0.2) is 0 Å². The largest absolute Gasteiger partial charge is 0.495 e. The molecule has 1 heterocycles. The van der Waals surface area contributed by atoms with Crippen molar-refractivity contribution in [2.75, 3.05) is 0 Å². The maximum absolute atomic E-state index is 5.93. The van der Waals surface area contributed by atoms with E-state index in [-0.39, 0.29) is 5.60 Å². The van der Waals surface area contributed by atoms with Gasteiger partial charge in [-0.05, 0) is 31.1 Å². The lowest BCUT2D eigenvalue weighted by atomic mass is 9.43. The molecule has 3 saturated carbocycles. The van der Waals surface area contributed by atoms with Crippen molar-refractivity contribution in [1.29, 1.82) is 0 Å². The van der Waals surface area contributed by atoms with Gasteiger partial charge in [-0.3, -0.25) is 0 Å². The summed E-state index contributed by atoms with van der Waals surface area (Å²) in [6.45, 7) is 6.94. The first-order valence-electron chi connectivity index (χ1n) is 5.34. The highest BCUT2D eigenvalue weighted by atomic mass is 32.7. The molecule has 0 N–H and O–H groups in total. The number of hydrogen-bond donors (Lipinski definition) is 0. The van der Waals surface area contributed by atoms with Crippen molar-refractivity contribution >= 4 is 19.8 Å². The van der Waals surface area contributed by atoms with Crippen LogP contribution in [0.4, 0.5) is 0 Å². The van der Waals surface area contributed by atoms with Crippen LogP contribution in [0.5, 0.6) is 0 Å². The van der Waals surface area contributed by atoms with Gasteiger partial charge in [0.25, 0.3) is 0 Å². The molecule has 4 fully saturated rings. The van der Waals surface area contributed by atoms with Crippen LogP contribution in [0.2, 0.25) is 0 Å². The van der Waals surface area contributed by atoms with Crippen molar-refractivity contribution in [3.8, 4) is 0 Å². The predicted octanol–water partition coefficient (Wildman–Crippen LogP) is 2.73. The van der Waals surface area contributed by atoms with Gasteiger partial charge in [0.2, 0.25) is 0 Å². The van der Waals surface area contributed by atoms with Crippen molar-refractivity contribution in [3.63, 3.8) is 0 Å². The van der Waals surface area contributed by atoms with Crippen LogP contribution in [-0.4, -0.2) is 11.7 Å². The van der Waals surface area contributed by atoms with E-state index in [0.717, 1.165) is 12.3 Å². The van der Waals surface area contributed by atoms with Crippen LogP contribution in [0.3, 0.4) is 0 Å². The van der Waals surface area contributed by atoms with E-state index in [4.69, 9.17) is 21.3 Å². The van der Waals surface area contributed by atoms with Gasteiger partial charge in [-0.15, -0.1) is 0 Å². The smallest absolute Gasteiger partial charge is 0.148 e. The molecule has 4 heteroatoms. The SMILES string of the molecule is CC1(C)[C@H]2C[C@@H]3O[PH+]([S-])O[C@]3(C)[C@@H]1C2. The van der Waals surface area contributed by atoms with Gasteiger partial charge in [0.1, 0.15) is 19.3 Å². The van der Waals surface area contributed by atoms with Crippen LogP contribution in [0, 0.1) is 17.3 Å². The van der Waals surface area contributed by atoms with E-state index >= 15 is 0 Å². The Hall–Kier alpha value is 0.700. The van der Waals surface area contributed by atoms with Crippen molar-refractivity contribution in [1.82, 2.24) is 0 Å². The molecule has 0 aromatic carbocycles. The summed E-state index contributed by atoms with van der Waals surface area (Å²) in [5.41, 5.74) is 0.380. The standard InChI is InChI=1S/C10H17O2PS/c1-9(2)6-4-7(9)10(3)8(5-6)11-13(14)12-10/h6-8,13H,4-5H2,1-3H3/t6-,7-,8+,10-/m1/s1. The van der Waals surface area contributed by atoms with Crippen LogP contribution in [0.25, 0.3) is 0 Å². The van der Waals surface area contributed by atoms with Crippen LogP contribution < -0.4 is 0 Å². The topological polar surface area (TPSA) is 18.5 Å². The van der Waals surface area contributed by atoms with Gasteiger partial charge in [0, 0.05) is 5.92 Å². The molecule has 80 valence electrons. The summed E-state index contributed by atoms with van der Waals surface area (Å²) in [4.78, 5) is 0. The summed E-state index contributed by atoms with van der Waals surface area (Å²) in [5, 5.41) is 0. The fourth-order valence-corrected chi connectivity index (χ4v) is 5.86. The first-order chi connectivity index (χ1) is 6.44. The maximum Gasteiger partial charge on any atom is 0.148 e. The molecular formula is C10H17O2PS. The summed E-state index contributed by atoms with van der Waals surface area (Å²) in [5.74, 6) is 1.49. The molecule has 4 aliphatic rings. The minimum absolute atomic E-state index is 0.0612. The molecule has 4 rings (SSSR count). The van der Waals surface area contributed by atoms with Crippen molar-refractivity contribution in [2.45, 2.75) is 45.3 Å². The Morgan fingerprint density at radius 2 is 2.00 bits per heavy atom. The second-order valence-electron chi connectivity index (χ2n) is 5.68. The molecule has 0 spiro atoms. The summed E-state index contributed by atoms with van der Waals surface area (Å²) < 4.78 is 11.7. The Bertz CT molecular complexity index is 283. The molecule has 0 aromatic rings. The monoisotopic (exact) mass is 232 g/mol. The first-order valence-corrected chi connectivity index (χ1v) is 7.79. The Morgan fingerprint density at radius 1 is 1.29 bits per heavy atom. The molecule has 3 aliphatic carbocycles. The lowest BCUT2D eigenvalue weighted by molar-refractivity contribution is -0.199. The number of hydrogen-bond acceptors (Lipinski definition) is 3. The Labute approximate surface area is 91.8 Å². The van der Waals surface area contributed by atoms with Gasteiger partial charge in [-0.1, -0.05) is 13.8 Å². The molecular weight excluding hydrogens is 215 g/mol. The Balaban J connectivity index is 1.95. The van der Waals surface area contributed by atoms with E-state index in [2.05, 4.69) is 20.8 Å². The van der Waals surface area contributed by atoms with E-state index < -0.39 is 7.58 Å². The molecule has 14 heavy (non-hydrogen) atoms. The summed E-state index contributed by atoms with van der Waals surface area (Å²) in [6.07, 6.45) is 2.77. The van der Waals surface area contributed by atoms with Crippen molar-refractivity contribution in [2.24, 2.45) is 17.3 Å². The molecule has 2 bridgehead atoms. The van der Waals surface area contributed by atoms with Gasteiger partial charge in [0.05, 0.1) is 0 Å². The third-order valence-corrected chi connectivity index (χ3v) is 6.46. The molecule has 0 amide bonds. The molecule has 1 unspecified atom stereocenters. The first kappa shape index (κ1) is 9.89. The fraction of sp³-hybridized carbons (Fsp3) is 1.00. The van der Waals surface area contributed by atoms with Gasteiger partial charge in [-0.2, -0.15) is 0 Å². The summed E-state index contributed by atoms with van der Waals surface area (Å²) >= 11 is 5.19. The van der Waals surface area contributed by atoms with Crippen LogP contribution in [0.1, 0.15) is 33.6 Å². The quantitative estimate of drug-likeness (QED) is 0.472. The molecule has 5 atom stereocenters. The van der Waals surface area contributed by atoms with E-state index in [1.807, 2.05) is 0 Å². The lowest BCUT2D eigenvalue weighted by Crippen LogP contribution is -2.65. The zero-order valence-corrected chi connectivity index (χ0v) is 10.7. The molecule has 1 aliphatic heterocycles. The minimum atomic E-state index is -1.37. The third kappa shape index (κ3) is 1.000. The highest BCUT2D eigenvalue weighted by Gasteiger charge is 2.69. The average molecular weight is 232 g/mol. The summed E-state index contributed by atoms with van der Waals surface area (Å²) in [6, 6.07) is 0. The van der Waals surface area contributed by atoms with Gasteiger partial charge >= 0.3 is 0 Å². The minimum Gasteiger partial charge on any atom is -0.495 e. The molecule has 2 nitrogen and oxygen atoms in total. The number of rotatable bonds is 0. The van der Waals surface area contributed by atoms with Crippen LogP contribution in [-0.2, 0) is 21.3 Å². The molecule has 0 radical (unpaired) electrons. The van der Waals surface area contributed by atoms with E-state index in [1.165, 1.54) is 6.42 Å². The fourth-order valence-electron chi connectivity index (χ4n) is 3.73. The summed E-state index contributed by atoms with van der Waals surface area (Å²) in [7, 11) is -1.37. The Morgan fingerprint density at radius 3 is 2.64 bits per heavy atom. The van der Waals surface area contributed by atoms with Crippen LogP contribution >= 0.6 is 7.58 Å². The maximum atomic E-state index is 5.93. The van der Waals surface area contributed by atoms with Gasteiger partial charge in [0.15, 0.2) is 0 Å². The zero-order chi connectivity index (χ0) is 10.1. The van der Waals surface area contributed by atoms with E-state index in [0.29, 0.717) is 17.4 Å². The average Bonchev–Trinajstić information content (AvgIpc) is 2.37. The van der Waals surface area contributed by atoms with Gasteiger partial charge < -0.3 is 12.2 Å². The highest BCUT2D eigenvalue weighted by Crippen LogP contribution is 2.70. The molecule has 1 saturated heterocycles. The van der Waals surface area contributed by atoms with E-state index in [1.54, 1.807) is 0 Å². The van der Waals surface area contributed by atoms with E-state index in [9.17, 15) is 0 Å². The predicted molar refractivity (Wildman–Crippen MR) is 60.0 cm³/mol. The second kappa shape index (κ2) is 2.68. The lowest BCUT2D eigenvalue weighted by Gasteiger charge is -2.62. The van der Waals surface area contributed by atoms with Crippen molar-refractivity contribution < 1.29 is 9.05 Å².